The standard InChI is InChI=1S/C36H72N4O9SSi/c1-34(2,3)47-31(41)28-38-19-17-37(16-13-14-25-50-26-15-27-51(44-10,45-11)46-12)18-20-39(29-32(42)48-35(4,5)6)22-24-40(23-21-38)30-33(43)49-36(7,8)9/h13-30H2,1-12H3. The number of carbonyl (C=O) groups is 3. The van der Waals surface area contributed by atoms with Gasteiger partial charge in [-0.15, -0.1) is 0 Å². The summed E-state index contributed by atoms with van der Waals surface area (Å²) < 4.78 is 33.6. The third-order valence-corrected chi connectivity index (χ3v) is 12.0. The van der Waals surface area contributed by atoms with Crippen molar-refractivity contribution >= 4 is 38.5 Å². The van der Waals surface area contributed by atoms with Gasteiger partial charge in [0.2, 0.25) is 0 Å². The smallest absolute Gasteiger partial charge is 0.459 e. The molecule has 1 fully saturated rings. The summed E-state index contributed by atoms with van der Waals surface area (Å²) in [6.07, 6.45) is 3.11. The molecule has 1 rings (SSSR count). The Morgan fingerprint density at radius 2 is 0.824 bits per heavy atom. The zero-order chi connectivity index (χ0) is 38.7. The van der Waals surface area contributed by atoms with Crippen molar-refractivity contribution in [3.63, 3.8) is 0 Å². The van der Waals surface area contributed by atoms with E-state index < -0.39 is 25.6 Å². The van der Waals surface area contributed by atoms with Gasteiger partial charge in [0, 0.05) is 79.7 Å². The van der Waals surface area contributed by atoms with E-state index in [0.717, 1.165) is 56.4 Å². The molecule has 1 aliphatic rings. The Bertz CT molecular complexity index is 962. The monoisotopic (exact) mass is 764 g/mol. The maximum Gasteiger partial charge on any atom is 0.500 e. The van der Waals surface area contributed by atoms with E-state index in [-0.39, 0.29) is 37.5 Å². The molecule has 15 heteroatoms. The minimum absolute atomic E-state index is 0.121. The number of carbonyl (C=O) groups excluding carboxylic acids is 3. The largest absolute Gasteiger partial charge is 0.500 e. The molecule has 0 aliphatic carbocycles. The molecule has 51 heavy (non-hydrogen) atoms. The molecular weight excluding hydrogens is 693 g/mol. The van der Waals surface area contributed by atoms with Crippen molar-refractivity contribution < 1.29 is 41.9 Å². The van der Waals surface area contributed by atoms with E-state index in [0.29, 0.717) is 39.3 Å². The zero-order valence-electron chi connectivity index (χ0n) is 34.1. The SMILES string of the molecule is CO[Si](CCCSCCCCN1CCN(CC(=O)OC(C)(C)C)CCN(CC(=O)OC(C)(C)C)CCN(CC(=O)OC(C)(C)C)CC1)(OC)OC. The molecule has 0 aromatic rings. The summed E-state index contributed by atoms with van der Waals surface area (Å²) in [5, 5.41) is 0. The number of thioether (sulfide) groups is 1. The number of hydrogen-bond acceptors (Lipinski definition) is 14. The second-order valence-electron chi connectivity index (χ2n) is 16.1. The van der Waals surface area contributed by atoms with Crippen LogP contribution < -0.4 is 0 Å². The highest BCUT2D eigenvalue weighted by molar-refractivity contribution is 7.99. The van der Waals surface area contributed by atoms with E-state index in [1.165, 1.54) is 0 Å². The summed E-state index contributed by atoms with van der Waals surface area (Å²) >= 11 is 1.94. The lowest BCUT2D eigenvalue weighted by atomic mass is 10.2. The van der Waals surface area contributed by atoms with Gasteiger partial charge in [0.25, 0.3) is 0 Å². The second-order valence-corrected chi connectivity index (χ2v) is 20.5. The Labute approximate surface area is 315 Å². The first kappa shape index (κ1) is 47.7. The number of rotatable bonds is 18. The van der Waals surface area contributed by atoms with E-state index in [1.54, 1.807) is 21.3 Å². The van der Waals surface area contributed by atoms with Gasteiger partial charge in [-0.05, 0) is 99.6 Å². The van der Waals surface area contributed by atoms with Crippen molar-refractivity contribution in [2.75, 3.05) is 111 Å². The summed E-state index contributed by atoms with van der Waals surface area (Å²) in [5.74, 6) is 1.27. The number of esters is 3. The molecule has 0 atom stereocenters. The molecule has 1 heterocycles. The molecule has 0 N–H and O–H groups in total. The second kappa shape index (κ2) is 23.5. The summed E-state index contributed by atoms with van der Waals surface area (Å²) in [6.45, 7) is 23.4. The Hall–Kier alpha value is -1.30. The lowest BCUT2D eigenvalue weighted by Crippen LogP contribution is -2.49. The lowest BCUT2D eigenvalue weighted by molar-refractivity contribution is -0.158. The van der Waals surface area contributed by atoms with Crippen molar-refractivity contribution in [3.8, 4) is 0 Å². The van der Waals surface area contributed by atoms with E-state index in [9.17, 15) is 14.4 Å². The summed E-state index contributed by atoms with van der Waals surface area (Å²) in [4.78, 5) is 47.5. The van der Waals surface area contributed by atoms with Gasteiger partial charge in [0.1, 0.15) is 16.8 Å². The molecule has 0 aromatic carbocycles. The average Bonchev–Trinajstić information content (AvgIpc) is 2.98. The van der Waals surface area contributed by atoms with Crippen LogP contribution in [-0.2, 0) is 41.9 Å². The van der Waals surface area contributed by atoms with Gasteiger partial charge in [-0.3, -0.25) is 29.1 Å². The Morgan fingerprint density at radius 1 is 0.510 bits per heavy atom. The first-order valence-electron chi connectivity index (χ1n) is 18.5. The topological polar surface area (TPSA) is 120 Å². The van der Waals surface area contributed by atoms with Crippen LogP contribution in [0.15, 0.2) is 0 Å². The predicted molar refractivity (Wildman–Crippen MR) is 206 cm³/mol. The van der Waals surface area contributed by atoms with Crippen LogP contribution >= 0.6 is 11.8 Å². The molecule has 1 aliphatic heterocycles. The number of hydrogen-bond donors (Lipinski definition) is 0. The average molecular weight is 765 g/mol. The molecule has 13 nitrogen and oxygen atoms in total. The van der Waals surface area contributed by atoms with Gasteiger partial charge in [0.15, 0.2) is 0 Å². The minimum atomic E-state index is -2.52. The fourth-order valence-electron chi connectivity index (χ4n) is 5.53. The molecule has 0 saturated carbocycles. The third-order valence-electron chi connectivity index (χ3n) is 7.97. The first-order valence-corrected chi connectivity index (χ1v) is 21.5. The van der Waals surface area contributed by atoms with Crippen molar-refractivity contribution in [2.24, 2.45) is 0 Å². The highest BCUT2D eigenvalue weighted by atomic mass is 32.2. The number of unbranched alkanes of at least 4 members (excludes halogenated alkanes) is 1. The minimum Gasteiger partial charge on any atom is -0.459 e. The number of nitrogens with zero attached hydrogens (tertiary/aromatic N) is 4. The van der Waals surface area contributed by atoms with Crippen LogP contribution in [0.1, 0.15) is 81.6 Å². The maximum atomic E-state index is 12.9. The van der Waals surface area contributed by atoms with Gasteiger partial charge in [-0.2, -0.15) is 11.8 Å². The molecule has 0 unspecified atom stereocenters. The normalized spacial score (nSPS) is 17.4. The van der Waals surface area contributed by atoms with Gasteiger partial charge < -0.3 is 32.4 Å². The van der Waals surface area contributed by atoms with Gasteiger partial charge in [-0.1, -0.05) is 0 Å². The van der Waals surface area contributed by atoms with E-state index in [1.807, 2.05) is 74.1 Å². The fourth-order valence-corrected chi connectivity index (χ4v) is 8.47. The van der Waals surface area contributed by atoms with Crippen molar-refractivity contribution in [1.82, 2.24) is 19.6 Å². The summed E-state index contributed by atoms with van der Waals surface area (Å²) in [6, 6.07) is 0.801. The quantitative estimate of drug-likeness (QED) is 0.0866. The van der Waals surface area contributed by atoms with E-state index >= 15 is 0 Å². The first-order chi connectivity index (χ1) is 23.7. The van der Waals surface area contributed by atoms with Crippen molar-refractivity contribution in [3.05, 3.63) is 0 Å². The molecule has 0 bridgehead atoms. The van der Waals surface area contributed by atoms with Gasteiger partial charge in [-0.25, -0.2) is 0 Å². The van der Waals surface area contributed by atoms with Crippen LogP contribution in [0.25, 0.3) is 0 Å². The highest BCUT2D eigenvalue weighted by Crippen LogP contribution is 2.18. The number of ether oxygens (including phenoxy) is 3. The Balaban J connectivity index is 3.01. The molecule has 300 valence electrons. The van der Waals surface area contributed by atoms with Crippen molar-refractivity contribution in [2.45, 2.75) is 104 Å². The van der Waals surface area contributed by atoms with Crippen LogP contribution in [-0.4, -0.2) is 174 Å². The molecule has 1 saturated heterocycles. The summed E-state index contributed by atoms with van der Waals surface area (Å²) in [7, 11) is 2.43. The Kier molecular flexibility index (Phi) is 22.0. The van der Waals surface area contributed by atoms with E-state index in [2.05, 4.69) is 19.6 Å². The Morgan fingerprint density at radius 3 is 1.14 bits per heavy atom. The van der Waals surface area contributed by atoms with Gasteiger partial charge in [0.05, 0.1) is 19.6 Å². The zero-order valence-corrected chi connectivity index (χ0v) is 35.9. The molecule has 0 aromatic heterocycles. The van der Waals surface area contributed by atoms with Crippen molar-refractivity contribution in [1.29, 1.82) is 0 Å². The highest BCUT2D eigenvalue weighted by Gasteiger charge is 2.36. The molecule has 0 radical (unpaired) electrons. The van der Waals surface area contributed by atoms with Gasteiger partial charge >= 0.3 is 26.7 Å². The maximum absolute atomic E-state index is 12.9. The van der Waals surface area contributed by atoms with Crippen LogP contribution in [0.2, 0.25) is 6.04 Å². The van der Waals surface area contributed by atoms with Crippen LogP contribution in [0, 0.1) is 0 Å². The molecular formula is C36H72N4O9SSi. The molecule has 0 amide bonds. The third kappa shape index (κ3) is 23.9. The fraction of sp³-hybridized carbons (Fsp3) is 0.917. The molecule has 0 spiro atoms. The predicted octanol–water partition coefficient (Wildman–Crippen LogP) is 4.01. The summed E-state index contributed by atoms with van der Waals surface area (Å²) in [5.41, 5.74) is -1.74. The lowest BCUT2D eigenvalue weighted by Gasteiger charge is -2.34. The van der Waals surface area contributed by atoms with Crippen LogP contribution in [0.3, 0.4) is 0 Å². The van der Waals surface area contributed by atoms with Crippen LogP contribution in [0.5, 0.6) is 0 Å². The van der Waals surface area contributed by atoms with E-state index in [4.69, 9.17) is 27.5 Å². The van der Waals surface area contributed by atoms with Crippen LogP contribution in [0.4, 0.5) is 0 Å².